The highest BCUT2D eigenvalue weighted by Gasteiger charge is 2.18. The van der Waals surface area contributed by atoms with Crippen molar-refractivity contribution in [1.29, 1.82) is 0 Å². The lowest BCUT2D eigenvalue weighted by molar-refractivity contribution is 0.0684. The van der Waals surface area contributed by atoms with Crippen molar-refractivity contribution in [2.24, 2.45) is 0 Å². The molecule has 0 unspecified atom stereocenters. The molecule has 0 saturated carbocycles. The van der Waals surface area contributed by atoms with Crippen LogP contribution < -0.4 is 4.74 Å². The first kappa shape index (κ1) is 13.6. The Kier molecular flexibility index (Phi) is 3.70. The van der Waals surface area contributed by atoms with E-state index in [9.17, 15) is 19.8 Å². The van der Waals surface area contributed by atoms with E-state index in [1.807, 2.05) is 0 Å². The summed E-state index contributed by atoms with van der Waals surface area (Å²) in [5, 5.41) is 18.4. The molecule has 102 valence electrons. The van der Waals surface area contributed by atoms with Crippen molar-refractivity contribution in [3.05, 3.63) is 53.6 Å². The molecule has 0 aromatic heterocycles. The van der Waals surface area contributed by atoms with Crippen LogP contribution in [0.15, 0.2) is 42.5 Å². The van der Waals surface area contributed by atoms with Crippen molar-refractivity contribution in [3.8, 4) is 16.9 Å². The minimum atomic E-state index is -1.12. The van der Waals surface area contributed by atoms with Crippen molar-refractivity contribution in [2.75, 3.05) is 7.11 Å². The highest BCUT2D eigenvalue weighted by atomic mass is 16.5. The summed E-state index contributed by atoms with van der Waals surface area (Å²) in [6.45, 7) is 0. The number of carbonyl (C=O) groups is 2. The highest BCUT2D eigenvalue weighted by molar-refractivity contribution is 6.02. The monoisotopic (exact) mass is 272 g/mol. The normalized spacial score (nSPS) is 10.1. The summed E-state index contributed by atoms with van der Waals surface area (Å²) in [6, 6.07) is 10.7. The highest BCUT2D eigenvalue weighted by Crippen LogP contribution is 2.30. The van der Waals surface area contributed by atoms with Crippen molar-refractivity contribution >= 4 is 11.9 Å². The van der Waals surface area contributed by atoms with Crippen LogP contribution in [0.2, 0.25) is 0 Å². The summed E-state index contributed by atoms with van der Waals surface area (Å²) in [5.74, 6) is -1.77. The second-order valence-electron chi connectivity index (χ2n) is 4.07. The van der Waals surface area contributed by atoms with Crippen LogP contribution in [0.5, 0.6) is 5.75 Å². The predicted molar refractivity (Wildman–Crippen MR) is 72.3 cm³/mol. The summed E-state index contributed by atoms with van der Waals surface area (Å²) in [7, 11) is 1.46. The number of aromatic carboxylic acids is 2. The molecule has 20 heavy (non-hydrogen) atoms. The minimum Gasteiger partial charge on any atom is -0.497 e. The summed E-state index contributed by atoms with van der Waals surface area (Å²) >= 11 is 0. The van der Waals surface area contributed by atoms with Crippen molar-refractivity contribution in [2.45, 2.75) is 0 Å². The summed E-state index contributed by atoms with van der Waals surface area (Å²) in [5.41, 5.74) is 0.730. The zero-order valence-electron chi connectivity index (χ0n) is 10.7. The smallest absolute Gasteiger partial charge is 0.336 e. The lowest BCUT2D eigenvalue weighted by Gasteiger charge is -2.11. The van der Waals surface area contributed by atoms with E-state index in [1.165, 1.54) is 31.4 Å². The molecule has 5 nitrogen and oxygen atoms in total. The number of benzene rings is 2. The molecule has 0 saturated heterocycles. The van der Waals surface area contributed by atoms with Crippen LogP contribution in [0, 0.1) is 0 Å². The molecule has 2 aromatic rings. The molecule has 0 radical (unpaired) electrons. The predicted octanol–water partition coefficient (Wildman–Crippen LogP) is 2.76. The molecule has 0 aliphatic heterocycles. The van der Waals surface area contributed by atoms with Gasteiger partial charge in [0, 0.05) is 5.56 Å². The number of methoxy groups -OCH3 is 1. The number of carboxylic acids is 2. The topological polar surface area (TPSA) is 83.8 Å². The Labute approximate surface area is 115 Å². The Hall–Kier alpha value is -2.82. The van der Waals surface area contributed by atoms with E-state index < -0.39 is 11.9 Å². The van der Waals surface area contributed by atoms with Gasteiger partial charge in [-0.05, 0) is 29.8 Å². The van der Waals surface area contributed by atoms with Gasteiger partial charge >= 0.3 is 11.9 Å². The van der Waals surface area contributed by atoms with E-state index in [4.69, 9.17) is 4.74 Å². The fourth-order valence-corrected chi connectivity index (χ4v) is 1.96. The molecule has 0 spiro atoms. The van der Waals surface area contributed by atoms with Crippen molar-refractivity contribution in [1.82, 2.24) is 0 Å². The van der Waals surface area contributed by atoms with Gasteiger partial charge in [0.25, 0.3) is 0 Å². The lowest BCUT2D eigenvalue weighted by Crippen LogP contribution is -2.04. The van der Waals surface area contributed by atoms with E-state index in [0.717, 1.165) is 0 Å². The van der Waals surface area contributed by atoms with Gasteiger partial charge in [-0.25, -0.2) is 9.59 Å². The molecule has 2 aromatic carbocycles. The van der Waals surface area contributed by atoms with Gasteiger partial charge in [-0.3, -0.25) is 0 Å². The molecule has 0 aliphatic rings. The van der Waals surface area contributed by atoms with Crippen LogP contribution >= 0.6 is 0 Å². The Bertz CT molecular complexity index is 676. The van der Waals surface area contributed by atoms with Gasteiger partial charge in [0.15, 0.2) is 0 Å². The first-order valence-electron chi connectivity index (χ1n) is 5.78. The molecule has 2 rings (SSSR count). The molecular weight excluding hydrogens is 260 g/mol. The number of hydrogen-bond acceptors (Lipinski definition) is 3. The first-order valence-corrected chi connectivity index (χ1v) is 5.78. The van der Waals surface area contributed by atoms with Crippen LogP contribution in [0.1, 0.15) is 20.7 Å². The van der Waals surface area contributed by atoms with E-state index >= 15 is 0 Å². The molecule has 0 atom stereocenters. The Morgan fingerprint density at radius 3 is 2.10 bits per heavy atom. The van der Waals surface area contributed by atoms with Gasteiger partial charge in [-0.15, -0.1) is 0 Å². The molecule has 5 heteroatoms. The van der Waals surface area contributed by atoms with E-state index in [0.29, 0.717) is 16.9 Å². The maximum Gasteiger partial charge on any atom is 0.336 e. The third kappa shape index (κ3) is 2.47. The number of carboxylic acid groups (broad SMARTS) is 2. The Balaban J connectivity index is 2.73. The van der Waals surface area contributed by atoms with E-state index in [2.05, 4.69) is 0 Å². The molecule has 2 N–H and O–H groups in total. The molecular formula is C15H12O5. The third-order valence-corrected chi connectivity index (χ3v) is 2.90. The van der Waals surface area contributed by atoms with Crippen LogP contribution in [0.25, 0.3) is 11.1 Å². The standard InChI is InChI=1S/C15H12O5/c1-20-9-6-7-12(15(18)19)13(8-9)10-4-2-3-5-11(10)14(16)17/h2-8H,1H3,(H,16,17)(H,18,19). The molecule has 0 heterocycles. The van der Waals surface area contributed by atoms with E-state index in [1.54, 1.807) is 18.2 Å². The zero-order valence-corrected chi connectivity index (χ0v) is 10.7. The fourth-order valence-electron chi connectivity index (χ4n) is 1.96. The maximum atomic E-state index is 11.3. The van der Waals surface area contributed by atoms with Gasteiger partial charge < -0.3 is 14.9 Å². The lowest BCUT2D eigenvalue weighted by atomic mass is 9.95. The largest absolute Gasteiger partial charge is 0.497 e. The second-order valence-corrected chi connectivity index (χ2v) is 4.07. The van der Waals surface area contributed by atoms with Crippen LogP contribution in [-0.4, -0.2) is 29.3 Å². The first-order chi connectivity index (χ1) is 9.54. The van der Waals surface area contributed by atoms with E-state index in [-0.39, 0.29) is 11.1 Å². The summed E-state index contributed by atoms with van der Waals surface area (Å²) < 4.78 is 5.07. The maximum absolute atomic E-state index is 11.3. The minimum absolute atomic E-state index is 0.0273. The van der Waals surface area contributed by atoms with Gasteiger partial charge in [0.2, 0.25) is 0 Å². The van der Waals surface area contributed by atoms with Gasteiger partial charge in [0.1, 0.15) is 5.75 Å². The number of ether oxygens (including phenoxy) is 1. The molecule has 0 fully saturated rings. The SMILES string of the molecule is COc1ccc(C(=O)O)c(-c2ccccc2C(=O)O)c1. The number of hydrogen-bond donors (Lipinski definition) is 2. The Morgan fingerprint density at radius 1 is 0.900 bits per heavy atom. The van der Waals surface area contributed by atoms with Crippen LogP contribution in [-0.2, 0) is 0 Å². The summed E-state index contributed by atoms with van der Waals surface area (Å²) in [6.07, 6.45) is 0. The van der Waals surface area contributed by atoms with Crippen molar-refractivity contribution in [3.63, 3.8) is 0 Å². The third-order valence-electron chi connectivity index (χ3n) is 2.90. The average Bonchev–Trinajstić information content (AvgIpc) is 2.46. The van der Waals surface area contributed by atoms with Gasteiger partial charge in [0.05, 0.1) is 18.2 Å². The van der Waals surface area contributed by atoms with Gasteiger partial charge in [-0.1, -0.05) is 18.2 Å². The molecule has 0 aliphatic carbocycles. The molecule has 0 bridgehead atoms. The second kappa shape index (κ2) is 5.44. The summed E-state index contributed by atoms with van der Waals surface area (Å²) in [4.78, 5) is 22.5. The quantitative estimate of drug-likeness (QED) is 0.894. The number of rotatable bonds is 4. The fraction of sp³-hybridized carbons (Fsp3) is 0.0667. The van der Waals surface area contributed by atoms with Crippen LogP contribution in [0.4, 0.5) is 0 Å². The van der Waals surface area contributed by atoms with Crippen molar-refractivity contribution < 1.29 is 24.5 Å². The average molecular weight is 272 g/mol. The van der Waals surface area contributed by atoms with Crippen LogP contribution in [0.3, 0.4) is 0 Å². The zero-order chi connectivity index (χ0) is 14.7. The molecule has 0 amide bonds. The Morgan fingerprint density at radius 2 is 1.50 bits per heavy atom. The van der Waals surface area contributed by atoms with Gasteiger partial charge in [-0.2, -0.15) is 0 Å².